The van der Waals surface area contributed by atoms with Gasteiger partial charge < -0.3 is 10.3 Å². The van der Waals surface area contributed by atoms with Crippen LogP contribution in [0.4, 0.5) is 5.69 Å². The number of ketones is 1. The minimum absolute atomic E-state index is 0.176. The van der Waals surface area contributed by atoms with E-state index in [1.807, 2.05) is 56.3 Å². The number of amides is 1. The van der Waals surface area contributed by atoms with Crippen molar-refractivity contribution >= 4 is 34.5 Å². The van der Waals surface area contributed by atoms with Crippen molar-refractivity contribution in [1.29, 1.82) is 0 Å². The van der Waals surface area contributed by atoms with Crippen molar-refractivity contribution in [2.45, 2.75) is 13.8 Å². The smallest absolute Gasteiger partial charge is 0.255 e. The largest absolute Gasteiger partial charge is 0.335 e. The number of aryl methyl sites for hydroxylation is 2. The van der Waals surface area contributed by atoms with Crippen molar-refractivity contribution in [2.75, 3.05) is 5.32 Å². The molecule has 3 aromatic carbocycles. The third kappa shape index (κ3) is 4.20. The van der Waals surface area contributed by atoms with Gasteiger partial charge in [0.25, 0.3) is 5.91 Å². The molecule has 0 radical (unpaired) electrons. The molecule has 5 heteroatoms. The maximum absolute atomic E-state index is 12.5. The Balaban J connectivity index is 1.44. The lowest BCUT2D eigenvalue weighted by atomic mass is 10.1. The summed E-state index contributed by atoms with van der Waals surface area (Å²) in [5.74, 6) is -0.0681. The highest BCUT2D eigenvalue weighted by Crippen LogP contribution is 2.16. The lowest BCUT2D eigenvalue weighted by Gasteiger charge is -2.06. The Morgan fingerprint density at radius 3 is 2.47 bits per heavy atom. The molecule has 0 bridgehead atoms. The number of hydrogen-bond acceptors (Lipinski definition) is 3. The Labute approximate surface area is 174 Å². The van der Waals surface area contributed by atoms with Gasteiger partial charge in [0.2, 0.25) is 5.78 Å². The number of aromatic amines is 1. The molecule has 0 spiro atoms. The molecule has 1 heterocycles. The predicted molar refractivity (Wildman–Crippen MR) is 120 cm³/mol. The molecular formula is C25H21N3O2. The fourth-order valence-corrected chi connectivity index (χ4v) is 3.21. The van der Waals surface area contributed by atoms with Gasteiger partial charge in [-0.2, -0.15) is 0 Å². The van der Waals surface area contributed by atoms with Crippen LogP contribution in [0.2, 0.25) is 0 Å². The van der Waals surface area contributed by atoms with E-state index >= 15 is 0 Å². The van der Waals surface area contributed by atoms with E-state index in [0.29, 0.717) is 11.4 Å². The summed E-state index contributed by atoms with van der Waals surface area (Å²) in [6.07, 6.45) is 3.19. The molecule has 0 unspecified atom stereocenters. The number of anilines is 1. The number of aromatic nitrogens is 2. The number of allylic oxidation sites excluding steroid dienone is 1. The number of nitrogens with zero attached hydrogens (tertiary/aromatic N) is 1. The van der Waals surface area contributed by atoms with Crippen LogP contribution in [0, 0.1) is 13.8 Å². The van der Waals surface area contributed by atoms with Gasteiger partial charge in [0.05, 0.1) is 11.0 Å². The van der Waals surface area contributed by atoms with Crippen LogP contribution in [0.3, 0.4) is 0 Å². The van der Waals surface area contributed by atoms with Crippen LogP contribution in [0.1, 0.15) is 37.7 Å². The summed E-state index contributed by atoms with van der Waals surface area (Å²) in [5.41, 5.74) is 5.90. The molecule has 0 aliphatic rings. The summed E-state index contributed by atoms with van der Waals surface area (Å²) < 4.78 is 0. The Kier molecular flexibility index (Phi) is 5.26. The second-order valence-corrected chi connectivity index (χ2v) is 7.20. The van der Waals surface area contributed by atoms with Gasteiger partial charge in [-0.15, -0.1) is 0 Å². The second-order valence-electron chi connectivity index (χ2n) is 7.20. The molecule has 4 rings (SSSR count). The highest BCUT2D eigenvalue weighted by molar-refractivity contribution is 6.06. The van der Waals surface area contributed by atoms with Gasteiger partial charge >= 0.3 is 0 Å². The van der Waals surface area contributed by atoms with Crippen LogP contribution in [0.15, 0.2) is 72.8 Å². The van der Waals surface area contributed by atoms with Crippen molar-refractivity contribution in [3.63, 3.8) is 0 Å². The summed E-state index contributed by atoms with van der Waals surface area (Å²) in [6.45, 7) is 3.95. The zero-order chi connectivity index (χ0) is 21.1. The molecule has 0 aliphatic carbocycles. The Hall–Kier alpha value is -3.99. The fraction of sp³-hybridized carbons (Fsp3) is 0.0800. The van der Waals surface area contributed by atoms with Crippen LogP contribution in [-0.2, 0) is 0 Å². The molecule has 2 N–H and O–H groups in total. The average molecular weight is 395 g/mol. The third-order valence-corrected chi connectivity index (χ3v) is 4.84. The first-order chi connectivity index (χ1) is 14.5. The van der Waals surface area contributed by atoms with Gasteiger partial charge in [0, 0.05) is 11.3 Å². The monoisotopic (exact) mass is 395 g/mol. The number of rotatable bonds is 5. The highest BCUT2D eigenvalue weighted by Gasteiger charge is 2.10. The van der Waals surface area contributed by atoms with Crippen LogP contribution in [0.25, 0.3) is 17.1 Å². The van der Waals surface area contributed by atoms with Crippen LogP contribution >= 0.6 is 0 Å². The highest BCUT2D eigenvalue weighted by atomic mass is 16.1. The Morgan fingerprint density at radius 2 is 1.73 bits per heavy atom. The molecule has 0 saturated heterocycles. The molecule has 4 aromatic rings. The zero-order valence-corrected chi connectivity index (χ0v) is 16.8. The number of imidazole rings is 1. The topological polar surface area (TPSA) is 74.8 Å². The van der Waals surface area contributed by atoms with Gasteiger partial charge in [-0.25, -0.2) is 4.98 Å². The summed E-state index contributed by atoms with van der Waals surface area (Å²) in [5, 5.41) is 2.88. The Bertz CT molecular complexity index is 1270. The summed E-state index contributed by atoms with van der Waals surface area (Å²) >= 11 is 0. The van der Waals surface area contributed by atoms with Gasteiger partial charge in [0.1, 0.15) is 0 Å². The van der Waals surface area contributed by atoms with E-state index in [0.717, 1.165) is 33.4 Å². The maximum atomic E-state index is 12.5. The molecule has 5 nitrogen and oxygen atoms in total. The van der Waals surface area contributed by atoms with E-state index in [1.54, 1.807) is 30.3 Å². The number of fused-ring (bicyclic) bond motifs is 1. The van der Waals surface area contributed by atoms with E-state index in [9.17, 15) is 9.59 Å². The standard InChI is InChI=1S/C25H21N3O2/c1-16-5-3-7-20(15-16)26-25(30)19-12-9-18(10-13-19)11-14-22(29)24-27-21-8-4-6-17(2)23(21)28-24/h3-15H,1-2H3,(H,26,30)(H,27,28). The van der Waals surface area contributed by atoms with E-state index < -0.39 is 0 Å². The first kappa shape index (κ1) is 19.3. The normalized spacial score (nSPS) is 11.1. The summed E-state index contributed by atoms with van der Waals surface area (Å²) in [4.78, 5) is 32.3. The molecule has 0 aliphatic heterocycles. The summed E-state index contributed by atoms with van der Waals surface area (Å²) in [7, 11) is 0. The van der Waals surface area contributed by atoms with Gasteiger partial charge in [-0.3, -0.25) is 9.59 Å². The number of benzene rings is 3. The van der Waals surface area contributed by atoms with Gasteiger partial charge in [-0.1, -0.05) is 42.5 Å². The molecule has 0 saturated carbocycles. The molecule has 1 aromatic heterocycles. The van der Waals surface area contributed by atoms with Crippen LogP contribution in [-0.4, -0.2) is 21.7 Å². The van der Waals surface area contributed by atoms with Gasteiger partial charge in [-0.05, 0) is 66.9 Å². The number of H-pyrrole nitrogens is 1. The van der Waals surface area contributed by atoms with E-state index in [4.69, 9.17) is 0 Å². The molecular weight excluding hydrogens is 374 g/mol. The van der Waals surface area contributed by atoms with Crippen molar-refractivity contribution < 1.29 is 9.59 Å². The summed E-state index contributed by atoms with van der Waals surface area (Å²) in [6, 6.07) is 20.5. The minimum Gasteiger partial charge on any atom is -0.335 e. The number of carbonyl (C=O) groups excluding carboxylic acids is 2. The lowest BCUT2D eigenvalue weighted by molar-refractivity contribution is 0.102. The minimum atomic E-state index is -0.202. The van der Waals surface area contributed by atoms with Crippen molar-refractivity contribution in [3.05, 3.63) is 101 Å². The number of para-hydroxylation sites is 1. The van der Waals surface area contributed by atoms with Gasteiger partial charge in [0.15, 0.2) is 5.82 Å². The number of carbonyl (C=O) groups is 2. The third-order valence-electron chi connectivity index (χ3n) is 4.84. The first-order valence-electron chi connectivity index (χ1n) is 9.65. The molecule has 0 fully saturated rings. The van der Waals surface area contributed by atoms with E-state index in [2.05, 4.69) is 15.3 Å². The molecule has 1 amide bonds. The molecule has 30 heavy (non-hydrogen) atoms. The van der Waals surface area contributed by atoms with Crippen LogP contribution in [0.5, 0.6) is 0 Å². The lowest BCUT2D eigenvalue weighted by Crippen LogP contribution is -2.11. The van der Waals surface area contributed by atoms with Crippen molar-refractivity contribution in [1.82, 2.24) is 9.97 Å². The first-order valence-corrected chi connectivity index (χ1v) is 9.65. The molecule has 0 atom stereocenters. The molecule has 148 valence electrons. The second kappa shape index (κ2) is 8.17. The zero-order valence-electron chi connectivity index (χ0n) is 16.8. The average Bonchev–Trinajstić information content (AvgIpc) is 3.18. The van der Waals surface area contributed by atoms with E-state index in [1.165, 1.54) is 6.08 Å². The SMILES string of the molecule is Cc1cccc(NC(=O)c2ccc(C=CC(=O)c3nc4cccc(C)c4[nH]3)cc2)c1. The predicted octanol–water partition coefficient (Wildman–Crippen LogP) is 5.33. The van der Waals surface area contributed by atoms with Crippen molar-refractivity contribution in [3.8, 4) is 0 Å². The van der Waals surface area contributed by atoms with Crippen molar-refractivity contribution in [2.24, 2.45) is 0 Å². The number of nitrogens with one attached hydrogen (secondary N) is 2. The quantitative estimate of drug-likeness (QED) is 0.354. The van der Waals surface area contributed by atoms with Crippen LogP contribution < -0.4 is 5.32 Å². The van der Waals surface area contributed by atoms with E-state index in [-0.39, 0.29) is 11.7 Å². The number of hydrogen-bond donors (Lipinski definition) is 2. The Morgan fingerprint density at radius 1 is 0.967 bits per heavy atom. The maximum Gasteiger partial charge on any atom is 0.255 e. The fourth-order valence-electron chi connectivity index (χ4n) is 3.21.